The molecule has 142 valence electrons. The molecule has 1 atom stereocenters. The van der Waals surface area contributed by atoms with Gasteiger partial charge in [0.05, 0.1) is 10.8 Å². The second kappa shape index (κ2) is 9.24. The molecular weight excluding hydrogens is 370 g/mol. The smallest absolute Gasteiger partial charge is 0.405 e. The van der Waals surface area contributed by atoms with Gasteiger partial charge in [-0.25, -0.2) is 4.79 Å². The van der Waals surface area contributed by atoms with E-state index in [-0.39, 0.29) is 0 Å². The molecule has 0 saturated heterocycles. The number of nitrogens with one attached hydrogen (secondary N) is 1. The highest BCUT2D eigenvalue weighted by atomic mass is 32.2. The predicted octanol–water partition coefficient (Wildman–Crippen LogP) is 4.55. The van der Waals surface area contributed by atoms with Crippen LogP contribution in [0, 0.1) is 0 Å². The van der Waals surface area contributed by atoms with Crippen molar-refractivity contribution in [1.29, 1.82) is 0 Å². The Balaban J connectivity index is 2.14. The molecule has 0 aliphatic carbocycles. The van der Waals surface area contributed by atoms with Gasteiger partial charge in [0, 0.05) is 5.75 Å². The summed E-state index contributed by atoms with van der Waals surface area (Å²) in [5.41, 5.74) is 3.20. The molecular formula is C23H21NO3S. The van der Waals surface area contributed by atoms with Gasteiger partial charge >= 0.3 is 6.09 Å². The van der Waals surface area contributed by atoms with Crippen LogP contribution in [0.5, 0.6) is 0 Å². The van der Waals surface area contributed by atoms with Gasteiger partial charge in [0.25, 0.3) is 0 Å². The van der Waals surface area contributed by atoms with Crippen molar-refractivity contribution in [2.45, 2.75) is 10.8 Å². The maximum absolute atomic E-state index is 11.4. The Bertz CT molecular complexity index is 804. The number of amides is 1. The average molecular weight is 391 g/mol. The Hall–Kier alpha value is -3.05. The highest BCUT2D eigenvalue weighted by Crippen LogP contribution is 2.48. The van der Waals surface area contributed by atoms with E-state index in [4.69, 9.17) is 5.11 Å². The Kier molecular flexibility index (Phi) is 6.50. The van der Waals surface area contributed by atoms with Gasteiger partial charge in [0.1, 0.15) is 6.29 Å². The molecule has 2 N–H and O–H groups in total. The maximum Gasteiger partial charge on any atom is 0.405 e. The van der Waals surface area contributed by atoms with Crippen LogP contribution in [0.25, 0.3) is 0 Å². The van der Waals surface area contributed by atoms with Crippen molar-refractivity contribution >= 4 is 24.1 Å². The van der Waals surface area contributed by atoms with Crippen molar-refractivity contribution in [3.63, 3.8) is 0 Å². The van der Waals surface area contributed by atoms with Crippen LogP contribution in [0.1, 0.15) is 16.7 Å². The van der Waals surface area contributed by atoms with E-state index in [9.17, 15) is 9.59 Å². The van der Waals surface area contributed by atoms with Crippen molar-refractivity contribution in [2.24, 2.45) is 0 Å². The molecule has 0 saturated carbocycles. The van der Waals surface area contributed by atoms with Crippen molar-refractivity contribution in [1.82, 2.24) is 5.32 Å². The molecule has 28 heavy (non-hydrogen) atoms. The fraction of sp³-hybridized carbons (Fsp3) is 0.130. The zero-order chi connectivity index (χ0) is 19.8. The number of thioether (sulfide) groups is 1. The lowest BCUT2D eigenvalue weighted by Gasteiger charge is -2.36. The number of benzene rings is 3. The van der Waals surface area contributed by atoms with Gasteiger partial charge in [-0.05, 0) is 16.7 Å². The van der Waals surface area contributed by atoms with E-state index in [2.05, 4.69) is 41.7 Å². The molecule has 5 heteroatoms. The van der Waals surface area contributed by atoms with Crippen molar-refractivity contribution < 1.29 is 14.7 Å². The van der Waals surface area contributed by atoms with Crippen LogP contribution in [0.2, 0.25) is 0 Å². The van der Waals surface area contributed by atoms with Crippen LogP contribution in [0.4, 0.5) is 4.79 Å². The van der Waals surface area contributed by atoms with Crippen molar-refractivity contribution in [3.8, 4) is 0 Å². The standard InChI is InChI=1S/C23H21NO3S/c25-16-21(24-22(26)27)17-28-23(18-10-4-1-5-11-18,19-12-6-2-7-13-19)20-14-8-3-9-15-20/h1-16,21,24H,17H2,(H,26,27). The molecule has 3 aromatic rings. The maximum atomic E-state index is 11.4. The lowest BCUT2D eigenvalue weighted by Crippen LogP contribution is -2.38. The molecule has 0 aliphatic rings. The van der Waals surface area contributed by atoms with Crippen LogP contribution < -0.4 is 5.32 Å². The van der Waals surface area contributed by atoms with E-state index < -0.39 is 16.9 Å². The summed E-state index contributed by atoms with van der Waals surface area (Å²) in [6, 6.07) is 29.4. The minimum Gasteiger partial charge on any atom is -0.465 e. The minimum atomic E-state index is -1.21. The number of carbonyl (C=O) groups is 2. The first-order chi connectivity index (χ1) is 13.7. The number of carbonyl (C=O) groups excluding carboxylic acids is 1. The number of carboxylic acid groups (broad SMARTS) is 1. The zero-order valence-corrected chi connectivity index (χ0v) is 16.0. The third-order valence-corrected chi connectivity index (χ3v) is 6.16. The van der Waals surface area contributed by atoms with Crippen LogP contribution in [-0.4, -0.2) is 29.3 Å². The minimum absolute atomic E-state index is 0.300. The summed E-state index contributed by atoms with van der Waals surface area (Å²) in [5.74, 6) is 0.300. The first-order valence-electron chi connectivity index (χ1n) is 8.92. The fourth-order valence-electron chi connectivity index (χ4n) is 3.26. The Morgan fingerprint density at radius 1 is 0.857 bits per heavy atom. The Morgan fingerprint density at radius 3 is 1.57 bits per heavy atom. The van der Waals surface area contributed by atoms with Gasteiger partial charge in [-0.3, -0.25) is 0 Å². The van der Waals surface area contributed by atoms with E-state index in [1.54, 1.807) is 11.8 Å². The average Bonchev–Trinajstić information content (AvgIpc) is 2.75. The highest BCUT2D eigenvalue weighted by molar-refractivity contribution is 8.00. The summed E-state index contributed by atoms with van der Waals surface area (Å²) >= 11 is 1.55. The van der Waals surface area contributed by atoms with Gasteiger partial charge in [0.2, 0.25) is 0 Å². The molecule has 3 rings (SSSR count). The monoisotopic (exact) mass is 391 g/mol. The summed E-state index contributed by atoms with van der Waals surface area (Å²) in [6.07, 6.45) is -0.560. The molecule has 0 radical (unpaired) electrons. The second-order valence-corrected chi connectivity index (χ2v) is 7.52. The van der Waals surface area contributed by atoms with E-state index in [0.717, 1.165) is 16.7 Å². The topological polar surface area (TPSA) is 66.4 Å². The molecule has 1 amide bonds. The fourth-order valence-corrected chi connectivity index (χ4v) is 4.76. The Morgan fingerprint density at radius 2 is 1.25 bits per heavy atom. The van der Waals surface area contributed by atoms with E-state index in [1.807, 2.05) is 54.6 Å². The lowest BCUT2D eigenvalue weighted by molar-refractivity contribution is -0.109. The van der Waals surface area contributed by atoms with E-state index in [1.165, 1.54) is 0 Å². The van der Waals surface area contributed by atoms with Gasteiger partial charge < -0.3 is 15.2 Å². The molecule has 0 fully saturated rings. The van der Waals surface area contributed by atoms with E-state index in [0.29, 0.717) is 12.0 Å². The van der Waals surface area contributed by atoms with Crippen LogP contribution in [0.3, 0.4) is 0 Å². The number of hydrogen-bond acceptors (Lipinski definition) is 3. The third-order valence-electron chi connectivity index (χ3n) is 4.49. The Labute approximate surface area is 168 Å². The predicted molar refractivity (Wildman–Crippen MR) is 113 cm³/mol. The highest BCUT2D eigenvalue weighted by Gasteiger charge is 2.37. The lowest BCUT2D eigenvalue weighted by atomic mass is 9.84. The summed E-state index contributed by atoms with van der Waals surface area (Å²) in [6.45, 7) is 0. The zero-order valence-electron chi connectivity index (χ0n) is 15.2. The summed E-state index contributed by atoms with van der Waals surface area (Å²) < 4.78 is -0.578. The molecule has 0 aromatic heterocycles. The first kappa shape index (κ1) is 19.7. The molecule has 0 bridgehead atoms. The number of aldehydes is 1. The molecule has 1 unspecified atom stereocenters. The molecule has 0 heterocycles. The van der Waals surface area contributed by atoms with Crippen LogP contribution in [0.15, 0.2) is 91.0 Å². The first-order valence-corrected chi connectivity index (χ1v) is 9.90. The second-order valence-electron chi connectivity index (χ2n) is 6.28. The third kappa shape index (κ3) is 4.26. The van der Waals surface area contributed by atoms with Crippen LogP contribution >= 0.6 is 11.8 Å². The van der Waals surface area contributed by atoms with Gasteiger partial charge in [-0.1, -0.05) is 91.0 Å². The van der Waals surface area contributed by atoms with Gasteiger partial charge in [0.15, 0.2) is 0 Å². The van der Waals surface area contributed by atoms with Gasteiger partial charge in [-0.2, -0.15) is 0 Å². The van der Waals surface area contributed by atoms with E-state index >= 15 is 0 Å². The number of hydrogen-bond donors (Lipinski definition) is 2. The summed E-state index contributed by atoms with van der Waals surface area (Å²) in [5, 5.41) is 11.3. The normalized spacial score (nSPS) is 12.1. The van der Waals surface area contributed by atoms with Crippen LogP contribution in [-0.2, 0) is 9.54 Å². The summed E-state index contributed by atoms with van der Waals surface area (Å²) in [4.78, 5) is 22.5. The molecule has 3 aromatic carbocycles. The van der Waals surface area contributed by atoms with Crippen molar-refractivity contribution in [3.05, 3.63) is 108 Å². The molecule has 4 nitrogen and oxygen atoms in total. The quantitative estimate of drug-likeness (QED) is 0.437. The SMILES string of the molecule is O=CC(CSC(c1ccccc1)(c1ccccc1)c1ccccc1)NC(=O)O. The van der Waals surface area contributed by atoms with Gasteiger partial charge in [-0.15, -0.1) is 11.8 Å². The molecule has 0 spiro atoms. The number of rotatable bonds is 8. The largest absolute Gasteiger partial charge is 0.465 e. The molecule has 0 aliphatic heterocycles. The summed E-state index contributed by atoms with van der Waals surface area (Å²) in [7, 11) is 0. The van der Waals surface area contributed by atoms with Crippen molar-refractivity contribution in [2.75, 3.05) is 5.75 Å².